The molecule has 1 aliphatic rings. The van der Waals surface area contributed by atoms with E-state index in [9.17, 15) is 14.4 Å². The predicted octanol–water partition coefficient (Wildman–Crippen LogP) is 4.09. The van der Waals surface area contributed by atoms with Crippen LogP contribution in [0.25, 0.3) is 10.9 Å². The average Bonchev–Trinajstić information content (AvgIpc) is 3.14. The Balaban J connectivity index is 1.59. The molecule has 0 saturated carbocycles. The second-order valence-electron chi connectivity index (χ2n) is 8.24. The highest BCUT2D eigenvalue weighted by atomic mass is 16.2. The number of anilines is 1. The maximum atomic E-state index is 13.0. The summed E-state index contributed by atoms with van der Waals surface area (Å²) in [5, 5.41) is 3.65. The maximum Gasteiger partial charge on any atom is 0.295 e. The Morgan fingerprint density at radius 2 is 1.71 bits per heavy atom. The van der Waals surface area contributed by atoms with Crippen molar-refractivity contribution in [1.82, 2.24) is 9.47 Å². The van der Waals surface area contributed by atoms with Crippen LogP contribution in [0.3, 0.4) is 0 Å². The minimum absolute atomic E-state index is 0.0546. The van der Waals surface area contributed by atoms with Crippen molar-refractivity contribution in [2.24, 2.45) is 0 Å². The number of carbonyl (C=O) groups excluding carboxylic acids is 3. The van der Waals surface area contributed by atoms with Crippen LogP contribution in [-0.2, 0) is 16.1 Å². The number of nitrogens with zero attached hydrogens (tertiary/aromatic N) is 2. The molecule has 1 aromatic heterocycles. The van der Waals surface area contributed by atoms with Crippen LogP contribution in [0.5, 0.6) is 0 Å². The molecule has 2 amide bonds. The van der Waals surface area contributed by atoms with Crippen LogP contribution >= 0.6 is 0 Å². The molecule has 0 bridgehead atoms. The van der Waals surface area contributed by atoms with E-state index in [1.165, 1.54) is 0 Å². The third-order valence-electron chi connectivity index (χ3n) is 5.85. The summed E-state index contributed by atoms with van der Waals surface area (Å²) in [6.45, 7) is 5.23. The Bertz CT molecular complexity index is 1160. The van der Waals surface area contributed by atoms with Gasteiger partial charge in [0, 0.05) is 35.9 Å². The Morgan fingerprint density at radius 1 is 0.968 bits per heavy atom. The molecule has 1 aliphatic heterocycles. The van der Waals surface area contributed by atoms with E-state index in [0.717, 1.165) is 41.6 Å². The van der Waals surface area contributed by atoms with Gasteiger partial charge in [-0.15, -0.1) is 0 Å². The number of hydrogen-bond acceptors (Lipinski definition) is 3. The first-order chi connectivity index (χ1) is 14.9. The number of piperidine rings is 1. The van der Waals surface area contributed by atoms with Gasteiger partial charge in [-0.3, -0.25) is 14.4 Å². The van der Waals surface area contributed by atoms with E-state index in [2.05, 4.69) is 5.32 Å². The summed E-state index contributed by atoms with van der Waals surface area (Å²) in [4.78, 5) is 40.2. The van der Waals surface area contributed by atoms with Crippen molar-refractivity contribution >= 4 is 34.2 Å². The van der Waals surface area contributed by atoms with E-state index in [-0.39, 0.29) is 12.5 Å². The number of carbonyl (C=O) groups is 3. The van der Waals surface area contributed by atoms with Gasteiger partial charge in [-0.25, -0.2) is 0 Å². The number of ketones is 1. The highest BCUT2D eigenvalue weighted by Gasteiger charge is 2.27. The lowest BCUT2D eigenvalue weighted by Crippen LogP contribution is -2.40. The summed E-state index contributed by atoms with van der Waals surface area (Å²) < 4.78 is 1.74. The zero-order chi connectivity index (χ0) is 22.0. The van der Waals surface area contributed by atoms with Crippen molar-refractivity contribution < 1.29 is 14.4 Å². The molecular weight excluding hydrogens is 390 g/mol. The first kappa shape index (κ1) is 20.8. The van der Waals surface area contributed by atoms with Crippen LogP contribution in [0.4, 0.5) is 5.69 Å². The SMILES string of the molecule is Cc1ccc(C)c(NC(=O)Cn2cc(C(=O)C(=O)N3CCCCC3)c3ccccc32)c1. The Morgan fingerprint density at radius 3 is 2.48 bits per heavy atom. The number of likely N-dealkylation sites (tertiary alicyclic amines) is 1. The third kappa shape index (κ3) is 4.38. The summed E-state index contributed by atoms with van der Waals surface area (Å²) >= 11 is 0. The molecule has 0 unspecified atom stereocenters. The van der Waals surface area contributed by atoms with Gasteiger partial charge in [0.05, 0.1) is 5.56 Å². The molecule has 6 nitrogen and oxygen atoms in total. The van der Waals surface area contributed by atoms with E-state index >= 15 is 0 Å². The molecule has 1 fully saturated rings. The van der Waals surface area contributed by atoms with E-state index in [0.29, 0.717) is 24.0 Å². The fourth-order valence-corrected chi connectivity index (χ4v) is 4.13. The molecule has 0 spiro atoms. The minimum Gasteiger partial charge on any atom is -0.337 e. The molecule has 31 heavy (non-hydrogen) atoms. The van der Waals surface area contributed by atoms with Gasteiger partial charge in [0.15, 0.2) is 0 Å². The molecule has 0 atom stereocenters. The van der Waals surface area contributed by atoms with Crippen LogP contribution in [0.15, 0.2) is 48.7 Å². The fourth-order valence-electron chi connectivity index (χ4n) is 4.13. The topological polar surface area (TPSA) is 71.4 Å². The number of Topliss-reactive ketones (excluding diaryl/α,β-unsaturated/α-hetero) is 1. The standard InChI is InChI=1S/C25H27N3O3/c1-17-10-11-18(2)21(14-17)26-23(29)16-28-15-20(19-8-4-5-9-22(19)28)24(30)25(31)27-12-6-3-7-13-27/h4-5,8-11,14-15H,3,6-7,12-13,16H2,1-2H3,(H,26,29). The first-order valence-corrected chi connectivity index (χ1v) is 10.7. The Kier molecular flexibility index (Phi) is 5.89. The molecule has 6 heteroatoms. The molecular formula is C25H27N3O3. The predicted molar refractivity (Wildman–Crippen MR) is 121 cm³/mol. The summed E-state index contributed by atoms with van der Waals surface area (Å²) in [7, 11) is 0. The van der Waals surface area contributed by atoms with Crippen LogP contribution in [-0.4, -0.2) is 40.2 Å². The summed E-state index contributed by atoms with van der Waals surface area (Å²) in [6, 6.07) is 13.3. The number of hydrogen-bond donors (Lipinski definition) is 1. The number of para-hydroxylation sites is 1. The van der Waals surface area contributed by atoms with Gasteiger partial charge in [-0.2, -0.15) is 0 Å². The van der Waals surface area contributed by atoms with Crippen LogP contribution in [0.2, 0.25) is 0 Å². The molecule has 1 saturated heterocycles. The van der Waals surface area contributed by atoms with Crippen molar-refractivity contribution in [2.75, 3.05) is 18.4 Å². The van der Waals surface area contributed by atoms with E-state index in [1.54, 1.807) is 15.7 Å². The van der Waals surface area contributed by atoms with Crippen LogP contribution < -0.4 is 5.32 Å². The van der Waals surface area contributed by atoms with Crippen molar-refractivity contribution in [3.8, 4) is 0 Å². The van der Waals surface area contributed by atoms with Crippen molar-refractivity contribution in [3.05, 3.63) is 65.4 Å². The van der Waals surface area contributed by atoms with Gasteiger partial charge in [0.2, 0.25) is 5.91 Å². The fraction of sp³-hybridized carbons (Fsp3) is 0.320. The minimum atomic E-state index is -0.508. The van der Waals surface area contributed by atoms with Crippen molar-refractivity contribution in [2.45, 2.75) is 39.7 Å². The van der Waals surface area contributed by atoms with Gasteiger partial charge in [-0.05, 0) is 56.4 Å². The number of nitrogens with one attached hydrogen (secondary N) is 1. The number of aryl methyl sites for hydroxylation is 2. The third-order valence-corrected chi connectivity index (χ3v) is 5.85. The molecule has 4 rings (SSSR count). The van der Waals surface area contributed by atoms with Crippen LogP contribution in [0, 0.1) is 13.8 Å². The molecule has 2 heterocycles. The molecule has 3 aromatic rings. The monoisotopic (exact) mass is 417 g/mol. The van der Waals surface area contributed by atoms with E-state index in [4.69, 9.17) is 0 Å². The van der Waals surface area contributed by atoms with Crippen molar-refractivity contribution in [3.63, 3.8) is 0 Å². The Labute approximate surface area is 181 Å². The van der Waals surface area contributed by atoms with Gasteiger partial charge in [-0.1, -0.05) is 30.3 Å². The largest absolute Gasteiger partial charge is 0.337 e. The van der Waals surface area contributed by atoms with Gasteiger partial charge >= 0.3 is 0 Å². The Hall–Kier alpha value is -3.41. The van der Waals surface area contributed by atoms with Gasteiger partial charge in [0.1, 0.15) is 6.54 Å². The lowest BCUT2D eigenvalue weighted by atomic mass is 10.1. The number of aromatic nitrogens is 1. The normalized spacial score (nSPS) is 13.9. The molecule has 0 radical (unpaired) electrons. The molecule has 1 N–H and O–H groups in total. The second-order valence-corrected chi connectivity index (χ2v) is 8.24. The number of amides is 2. The average molecular weight is 418 g/mol. The van der Waals surface area contributed by atoms with E-state index < -0.39 is 11.7 Å². The lowest BCUT2D eigenvalue weighted by Gasteiger charge is -2.25. The zero-order valence-electron chi connectivity index (χ0n) is 18.0. The summed E-state index contributed by atoms with van der Waals surface area (Å²) in [5.41, 5.74) is 3.94. The quantitative estimate of drug-likeness (QED) is 0.502. The van der Waals surface area contributed by atoms with Crippen LogP contribution in [0.1, 0.15) is 40.7 Å². The number of benzene rings is 2. The highest BCUT2D eigenvalue weighted by molar-refractivity contribution is 6.44. The number of fused-ring (bicyclic) bond motifs is 1. The van der Waals surface area contributed by atoms with Crippen molar-refractivity contribution in [1.29, 1.82) is 0 Å². The maximum absolute atomic E-state index is 13.0. The summed E-state index contributed by atoms with van der Waals surface area (Å²) in [5.74, 6) is -1.15. The number of rotatable bonds is 5. The second kappa shape index (κ2) is 8.76. The highest BCUT2D eigenvalue weighted by Crippen LogP contribution is 2.24. The van der Waals surface area contributed by atoms with E-state index in [1.807, 2.05) is 56.3 Å². The smallest absolute Gasteiger partial charge is 0.295 e. The molecule has 0 aliphatic carbocycles. The molecule has 160 valence electrons. The lowest BCUT2D eigenvalue weighted by molar-refractivity contribution is -0.127. The van der Waals surface area contributed by atoms with Gasteiger partial charge < -0.3 is 14.8 Å². The molecule has 2 aromatic carbocycles. The van der Waals surface area contributed by atoms with Gasteiger partial charge in [0.25, 0.3) is 11.7 Å². The first-order valence-electron chi connectivity index (χ1n) is 10.7. The zero-order valence-corrected chi connectivity index (χ0v) is 18.0. The summed E-state index contributed by atoms with van der Waals surface area (Å²) in [6.07, 6.45) is 4.59.